The summed E-state index contributed by atoms with van der Waals surface area (Å²) in [5.74, 6) is 0.814. The Bertz CT molecular complexity index is 503. The Labute approximate surface area is 102 Å². The molecule has 2 N–H and O–H groups in total. The molecule has 0 aliphatic rings. The number of nitrogens with zero attached hydrogens (tertiary/aromatic N) is 2. The molecule has 2 aromatic rings. The lowest BCUT2D eigenvalue weighted by Crippen LogP contribution is -2.07. The largest absolute Gasteiger partial charge is 0.330 e. The van der Waals surface area contributed by atoms with E-state index in [9.17, 15) is 0 Å². The molecule has 17 heavy (non-hydrogen) atoms. The molecule has 0 saturated carbocycles. The molecular weight excluding hydrogens is 210 g/mol. The molecule has 0 radical (unpaired) electrons. The third-order valence-corrected chi connectivity index (χ3v) is 2.71. The molecule has 2 rings (SSSR count). The van der Waals surface area contributed by atoms with Crippen molar-refractivity contribution in [3.05, 3.63) is 47.4 Å². The lowest BCUT2D eigenvalue weighted by atomic mass is 10.1. The van der Waals surface area contributed by atoms with Crippen LogP contribution >= 0.6 is 0 Å². The number of nitrogens with two attached hydrogens (primary N) is 1. The van der Waals surface area contributed by atoms with Gasteiger partial charge < -0.3 is 5.73 Å². The van der Waals surface area contributed by atoms with E-state index in [0.29, 0.717) is 6.54 Å². The lowest BCUT2D eigenvalue weighted by molar-refractivity contribution is 0.865. The summed E-state index contributed by atoms with van der Waals surface area (Å²) in [5, 5.41) is 0. The normalized spacial score (nSPS) is 10.5. The Morgan fingerprint density at radius 2 is 1.82 bits per heavy atom. The zero-order valence-corrected chi connectivity index (χ0v) is 10.3. The van der Waals surface area contributed by atoms with Gasteiger partial charge >= 0.3 is 0 Å². The lowest BCUT2D eigenvalue weighted by Gasteiger charge is -2.07. The van der Waals surface area contributed by atoms with Crippen molar-refractivity contribution in [1.29, 1.82) is 0 Å². The van der Waals surface area contributed by atoms with Crippen molar-refractivity contribution in [2.24, 2.45) is 5.73 Å². The predicted octanol–water partition coefficient (Wildman–Crippen LogP) is 2.26. The molecule has 0 amide bonds. The summed E-state index contributed by atoms with van der Waals surface area (Å²) in [7, 11) is 0. The van der Waals surface area contributed by atoms with E-state index in [0.717, 1.165) is 29.1 Å². The van der Waals surface area contributed by atoms with Crippen LogP contribution in [0.1, 0.15) is 17.0 Å². The zero-order chi connectivity index (χ0) is 12.3. The van der Waals surface area contributed by atoms with Crippen molar-refractivity contribution in [1.82, 2.24) is 9.97 Å². The van der Waals surface area contributed by atoms with Crippen molar-refractivity contribution in [3.8, 4) is 11.3 Å². The summed E-state index contributed by atoms with van der Waals surface area (Å²) >= 11 is 0. The van der Waals surface area contributed by atoms with E-state index in [-0.39, 0.29) is 0 Å². The van der Waals surface area contributed by atoms with Gasteiger partial charge in [-0.05, 0) is 26.0 Å². The number of benzene rings is 1. The van der Waals surface area contributed by atoms with Gasteiger partial charge in [0.2, 0.25) is 0 Å². The molecule has 0 fully saturated rings. The van der Waals surface area contributed by atoms with Crippen LogP contribution in [-0.2, 0) is 6.42 Å². The summed E-state index contributed by atoms with van der Waals surface area (Å²) < 4.78 is 0. The van der Waals surface area contributed by atoms with Crippen LogP contribution in [0.4, 0.5) is 0 Å². The van der Waals surface area contributed by atoms with Crippen LogP contribution < -0.4 is 5.73 Å². The van der Waals surface area contributed by atoms with Gasteiger partial charge in [0, 0.05) is 18.2 Å². The second-order valence-electron chi connectivity index (χ2n) is 4.22. The van der Waals surface area contributed by atoms with Crippen LogP contribution in [0.25, 0.3) is 11.3 Å². The van der Waals surface area contributed by atoms with E-state index in [1.807, 2.05) is 13.1 Å². The smallest absolute Gasteiger partial charge is 0.130 e. The van der Waals surface area contributed by atoms with Crippen molar-refractivity contribution in [2.45, 2.75) is 20.3 Å². The van der Waals surface area contributed by atoms with Gasteiger partial charge in [-0.15, -0.1) is 0 Å². The summed E-state index contributed by atoms with van der Waals surface area (Å²) in [6, 6.07) is 8.38. The third kappa shape index (κ3) is 2.68. The van der Waals surface area contributed by atoms with Crippen molar-refractivity contribution < 1.29 is 0 Å². The van der Waals surface area contributed by atoms with Crippen molar-refractivity contribution in [2.75, 3.05) is 6.54 Å². The first kappa shape index (κ1) is 11.7. The molecule has 3 nitrogen and oxygen atoms in total. The van der Waals surface area contributed by atoms with Crippen LogP contribution in [-0.4, -0.2) is 16.5 Å². The Morgan fingerprint density at radius 3 is 2.47 bits per heavy atom. The van der Waals surface area contributed by atoms with E-state index in [4.69, 9.17) is 5.73 Å². The van der Waals surface area contributed by atoms with Gasteiger partial charge in [-0.3, -0.25) is 0 Å². The van der Waals surface area contributed by atoms with Gasteiger partial charge in [-0.1, -0.05) is 29.8 Å². The van der Waals surface area contributed by atoms with Crippen LogP contribution in [0, 0.1) is 13.8 Å². The molecule has 1 aromatic carbocycles. The fraction of sp³-hybridized carbons (Fsp3) is 0.286. The topological polar surface area (TPSA) is 51.8 Å². The number of hydrogen-bond acceptors (Lipinski definition) is 3. The van der Waals surface area contributed by atoms with Gasteiger partial charge in [-0.25, -0.2) is 9.97 Å². The maximum Gasteiger partial charge on any atom is 0.130 e. The quantitative estimate of drug-likeness (QED) is 0.875. The molecule has 0 bridgehead atoms. The maximum absolute atomic E-state index is 5.53. The fourth-order valence-electron chi connectivity index (χ4n) is 1.73. The van der Waals surface area contributed by atoms with E-state index in [2.05, 4.69) is 41.2 Å². The number of aromatic nitrogens is 2. The summed E-state index contributed by atoms with van der Waals surface area (Å²) in [6.45, 7) is 4.69. The summed E-state index contributed by atoms with van der Waals surface area (Å²) in [6.07, 6.45) is 2.59. The third-order valence-electron chi connectivity index (χ3n) is 2.71. The molecule has 3 heteroatoms. The fourth-order valence-corrected chi connectivity index (χ4v) is 1.73. The standard InChI is InChI=1S/C14H17N3/c1-10-3-5-12(6-4-10)14-11(2)9-16-13(17-14)7-8-15/h3-6,9H,7-8,15H2,1-2H3. The predicted molar refractivity (Wildman–Crippen MR) is 69.7 cm³/mol. The molecule has 0 aliphatic carbocycles. The Morgan fingerprint density at radius 1 is 1.12 bits per heavy atom. The van der Waals surface area contributed by atoms with E-state index >= 15 is 0 Å². The summed E-state index contributed by atoms with van der Waals surface area (Å²) in [5.41, 5.74) is 10.0. The minimum atomic E-state index is 0.580. The molecule has 0 atom stereocenters. The van der Waals surface area contributed by atoms with Crippen LogP contribution in [0.15, 0.2) is 30.5 Å². The van der Waals surface area contributed by atoms with Crippen LogP contribution in [0.5, 0.6) is 0 Å². The van der Waals surface area contributed by atoms with E-state index in [1.165, 1.54) is 5.56 Å². The average Bonchev–Trinajstić information content (AvgIpc) is 2.33. The highest BCUT2D eigenvalue weighted by molar-refractivity contribution is 5.62. The first-order chi connectivity index (χ1) is 8.20. The molecule has 1 aromatic heterocycles. The van der Waals surface area contributed by atoms with Gasteiger partial charge in [0.15, 0.2) is 0 Å². The maximum atomic E-state index is 5.53. The molecular formula is C14H17N3. The Kier molecular flexibility index (Phi) is 3.49. The molecule has 0 saturated heterocycles. The highest BCUT2D eigenvalue weighted by Gasteiger charge is 2.05. The molecule has 0 spiro atoms. The van der Waals surface area contributed by atoms with Crippen LogP contribution in [0.2, 0.25) is 0 Å². The number of hydrogen-bond donors (Lipinski definition) is 1. The van der Waals surface area contributed by atoms with Gasteiger partial charge in [-0.2, -0.15) is 0 Å². The highest BCUT2D eigenvalue weighted by Crippen LogP contribution is 2.20. The number of aryl methyl sites for hydroxylation is 2. The monoisotopic (exact) mass is 227 g/mol. The minimum Gasteiger partial charge on any atom is -0.330 e. The van der Waals surface area contributed by atoms with Crippen molar-refractivity contribution >= 4 is 0 Å². The zero-order valence-electron chi connectivity index (χ0n) is 10.3. The van der Waals surface area contributed by atoms with Gasteiger partial charge in [0.25, 0.3) is 0 Å². The minimum absolute atomic E-state index is 0.580. The van der Waals surface area contributed by atoms with Crippen LogP contribution in [0.3, 0.4) is 0 Å². The van der Waals surface area contributed by atoms with Gasteiger partial charge in [0.1, 0.15) is 5.82 Å². The second-order valence-corrected chi connectivity index (χ2v) is 4.22. The molecule has 0 aliphatic heterocycles. The van der Waals surface area contributed by atoms with Crippen molar-refractivity contribution in [3.63, 3.8) is 0 Å². The van der Waals surface area contributed by atoms with E-state index < -0.39 is 0 Å². The Hall–Kier alpha value is -1.74. The Balaban J connectivity index is 2.42. The average molecular weight is 227 g/mol. The first-order valence-corrected chi connectivity index (χ1v) is 5.80. The van der Waals surface area contributed by atoms with E-state index in [1.54, 1.807) is 0 Å². The SMILES string of the molecule is Cc1ccc(-c2nc(CCN)ncc2C)cc1. The highest BCUT2D eigenvalue weighted by atomic mass is 14.9. The molecule has 0 unspecified atom stereocenters. The van der Waals surface area contributed by atoms with Gasteiger partial charge in [0.05, 0.1) is 5.69 Å². The first-order valence-electron chi connectivity index (χ1n) is 5.80. The molecule has 88 valence electrons. The molecule has 1 heterocycles. The summed E-state index contributed by atoms with van der Waals surface area (Å²) in [4.78, 5) is 8.85. The second kappa shape index (κ2) is 5.06. The number of rotatable bonds is 3.